The fraction of sp³-hybridized carbons (Fsp3) is 0.0870. The molecule has 160 valence electrons. The number of para-hydroxylation sites is 1. The van der Waals surface area contributed by atoms with Crippen molar-refractivity contribution in [3.63, 3.8) is 0 Å². The molecule has 2 aromatic heterocycles. The van der Waals surface area contributed by atoms with Gasteiger partial charge in [0.2, 0.25) is 5.91 Å². The first-order valence-corrected chi connectivity index (χ1v) is 12.3. The van der Waals surface area contributed by atoms with Crippen LogP contribution in [0.4, 0.5) is 5.69 Å². The molecular weight excluding hydrogens is 462 g/mol. The summed E-state index contributed by atoms with van der Waals surface area (Å²) in [5.74, 6) is 0.495. The van der Waals surface area contributed by atoms with Crippen molar-refractivity contribution < 1.29 is 9.90 Å². The van der Waals surface area contributed by atoms with Crippen molar-refractivity contribution in [2.75, 3.05) is 11.1 Å². The highest BCUT2D eigenvalue weighted by molar-refractivity contribution is 8.02. The Balaban J connectivity index is 1.45. The predicted molar refractivity (Wildman–Crippen MR) is 131 cm³/mol. The van der Waals surface area contributed by atoms with E-state index in [0.29, 0.717) is 14.4 Å². The smallest absolute Gasteiger partial charge is 0.252 e. The van der Waals surface area contributed by atoms with Gasteiger partial charge in [0.15, 0.2) is 0 Å². The maximum absolute atomic E-state index is 12.6. The first-order chi connectivity index (χ1) is 15.5. The number of nitriles is 1. The molecule has 4 aromatic rings. The summed E-state index contributed by atoms with van der Waals surface area (Å²) in [6, 6.07) is 20.9. The molecule has 0 bridgehead atoms. The first-order valence-electron chi connectivity index (χ1n) is 9.52. The van der Waals surface area contributed by atoms with Crippen LogP contribution < -0.4 is 10.9 Å². The van der Waals surface area contributed by atoms with Crippen LogP contribution in [0, 0.1) is 11.3 Å². The minimum atomic E-state index is -0.483. The molecule has 0 unspecified atom stereocenters. The zero-order valence-corrected chi connectivity index (χ0v) is 19.1. The lowest BCUT2D eigenvalue weighted by Crippen LogP contribution is -2.14. The van der Waals surface area contributed by atoms with Gasteiger partial charge < -0.3 is 15.4 Å². The summed E-state index contributed by atoms with van der Waals surface area (Å²) in [7, 11) is 0. The van der Waals surface area contributed by atoms with Crippen LogP contribution in [0.3, 0.4) is 0 Å². The molecule has 4 rings (SSSR count). The van der Waals surface area contributed by atoms with Gasteiger partial charge in [0.1, 0.15) is 17.4 Å². The van der Waals surface area contributed by atoms with Crippen LogP contribution in [0.25, 0.3) is 10.2 Å². The fourth-order valence-corrected chi connectivity index (χ4v) is 6.12. The van der Waals surface area contributed by atoms with Crippen molar-refractivity contribution in [2.45, 2.75) is 14.9 Å². The minimum Gasteiger partial charge on any atom is -0.506 e. The third-order valence-electron chi connectivity index (χ3n) is 4.47. The second-order valence-corrected chi connectivity index (χ2v) is 9.99. The highest BCUT2D eigenvalue weighted by Gasteiger charge is 2.18. The van der Waals surface area contributed by atoms with Gasteiger partial charge in [0.25, 0.3) is 5.56 Å². The summed E-state index contributed by atoms with van der Waals surface area (Å²) in [5, 5.41) is 22.5. The highest BCUT2D eigenvalue weighted by Crippen LogP contribution is 2.40. The molecule has 0 spiro atoms. The number of rotatable bonds is 7. The van der Waals surface area contributed by atoms with Crippen LogP contribution in [0.15, 0.2) is 74.6 Å². The average molecular weight is 480 g/mol. The summed E-state index contributed by atoms with van der Waals surface area (Å²) in [4.78, 5) is 27.8. The van der Waals surface area contributed by atoms with Crippen molar-refractivity contribution in [3.05, 3.63) is 82.1 Å². The molecular formula is C23H17N3O3S3. The van der Waals surface area contributed by atoms with Gasteiger partial charge in [0, 0.05) is 16.7 Å². The highest BCUT2D eigenvalue weighted by atomic mass is 32.2. The van der Waals surface area contributed by atoms with Crippen molar-refractivity contribution in [2.24, 2.45) is 0 Å². The lowest BCUT2D eigenvalue weighted by Gasteiger charge is -2.10. The average Bonchev–Trinajstić information content (AvgIpc) is 3.15. The molecule has 0 saturated carbocycles. The van der Waals surface area contributed by atoms with E-state index in [2.05, 4.69) is 28.5 Å². The number of amides is 1. The molecule has 0 aliphatic rings. The van der Waals surface area contributed by atoms with Crippen LogP contribution in [-0.2, 0) is 10.5 Å². The normalized spacial score (nSPS) is 10.7. The van der Waals surface area contributed by atoms with Crippen molar-refractivity contribution in [3.8, 4) is 11.8 Å². The molecule has 0 saturated heterocycles. The number of thioether (sulfide) groups is 2. The van der Waals surface area contributed by atoms with E-state index in [0.717, 1.165) is 22.4 Å². The number of nitrogens with one attached hydrogen (secondary N) is 2. The number of nitrogens with zero attached hydrogens (tertiary/aromatic N) is 1. The van der Waals surface area contributed by atoms with E-state index in [1.165, 1.54) is 28.7 Å². The number of hydrogen-bond donors (Lipinski definition) is 3. The molecule has 0 aliphatic carbocycles. The van der Waals surface area contributed by atoms with E-state index in [-0.39, 0.29) is 23.0 Å². The maximum atomic E-state index is 12.6. The van der Waals surface area contributed by atoms with Gasteiger partial charge in [-0.3, -0.25) is 9.59 Å². The molecule has 9 heteroatoms. The number of carbonyl (C=O) groups excluding carboxylic acids is 1. The monoisotopic (exact) mass is 479 g/mol. The number of hydrogen-bond acceptors (Lipinski definition) is 7. The molecule has 3 N–H and O–H groups in total. The molecule has 1 amide bonds. The molecule has 2 aromatic carbocycles. The Labute approximate surface area is 196 Å². The SMILES string of the molecule is N#Cc1c(SCC(=O)Nc2ccccc2SCc2ccccc2)sc2c(O)cc(=O)[nH]c12. The molecule has 0 atom stereocenters. The van der Waals surface area contributed by atoms with E-state index in [1.54, 1.807) is 11.8 Å². The van der Waals surface area contributed by atoms with E-state index in [4.69, 9.17) is 0 Å². The lowest BCUT2D eigenvalue weighted by molar-refractivity contribution is -0.113. The van der Waals surface area contributed by atoms with E-state index in [1.807, 2.05) is 42.5 Å². The Hall–Kier alpha value is -3.19. The Morgan fingerprint density at radius 3 is 2.66 bits per heavy atom. The quantitative estimate of drug-likeness (QED) is 0.315. The van der Waals surface area contributed by atoms with Crippen molar-refractivity contribution in [1.29, 1.82) is 5.26 Å². The summed E-state index contributed by atoms with van der Waals surface area (Å²) in [6.45, 7) is 0. The summed E-state index contributed by atoms with van der Waals surface area (Å²) < 4.78 is 0.994. The zero-order valence-electron chi connectivity index (χ0n) is 16.6. The van der Waals surface area contributed by atoms with Gasteiger partial charge in [-0.15, -0.1) is 34.9 Å². The number of aromatic amines is 1. The number of carbonyl (C=O) groups is 1. The third kappa shape index (κ3) is 4.99. The largest absolute Gasteiger partial charge is 0.506 e. The van der Waals surface area contributed by atoms with Crippen LogP contribution in [-0.4, -0.2) is 21.8 Å². The molecule has 6 nitrogen and oxygen atoms in total. The fourth-order valence-electron chi connectivity index (χ4n) is 3.01. The molecule has 0 aliphatic heterocycles. The number of aromatic nitrogens is 1. The first kappa shape index (κ1) is 22.0. The number of benzene rings is 2. The van der Waals surface area contributed by atoms with Gasteiger partial charge in [-0.25, -0.2) is 0 Å². The number of aromatic hydroxyl groups is 1. The number of anilines is 1. The predicted octanol–water partition coefficient (Wildman–Crippen LogP) is 5.19. The lowest BCUT2D eigenvalue weighted by atomic mass is 10.2. The van der Waals surface area contributed by atoms with Gasteiger partial charge >= 0.3 is 0 Å². The van der Waals surface area contributed by atoms with Crippen molar-refractivity contribution in [1.82, 2.24) is 4.98 Å². The molecule has 0 radical (unpaired) electrons. The number of thiophene rings is 1. The minimum absolute atomic E-state index is 0.0875. The Morgan fingerprint density at radius 2 is 1.88 bits per heavy atom. The standard InChI is InChI=1S/C23H17N3O3S3/c24-11-15-21-22(17(27)10-19(28)26-21)32-23(15)31-13-20(29)25-16-8-4-5-9-18(16)30-12-14-6-2-1-3-7-14/h1-10H,12-13H2,(H,25,29)(H2,26,27,28). The summed E-state index contributed by atoms with van der Waals surface area (Å²) >= 11 is 4.02. The Kier molecular flexibility index (Phi) is 6.85. The molecule has 32 heavy (non-hydrogen) atoms. The molecule has 2 heterocycles. The Bertz CT molecular complexity index is 1370. The van der Waals surface area contributed by atoms with E-state index in [9.17, 15) is 20.0 Å². The third-order valence-corrected chi connectivity index (χ3v) is 8.10. The Morgan fingerprint density at radius 1 is 1.12 bits per heavy atom. The van der Waals surface area contributed by atoms with Gasteiger partial charge in [-0.2, -0.15) is 5.26 Å². The van der Waals surface area contributed by atoms with Crippen LogP contribution in [0.2, 0.25) is 0 Å². The topological polar surface area (TPSA) is 106 Å². The number of fused-ring (bicyclic) bond motifs is 1. The number of H-pyrrole nitrogens is 1. The second kappa shape index (κ2) is 9.96. The van der Waals surface area contributed by atoms with Gasteiger partial charge in [-0.1, -0.05) is 42.5 Å². The van der Waals surface area contributed by atoms with E-state index >= 15 is 0 Å². The van der Waals surface area contributed by atoms with E-state index < -0.39 is 5.56 Å². The number of pyridine rings is 1. The second-order valence-electron chi connectivity index (χ2n) is 6.71. The van der Waals surface area contributed by atoms with Gasteiger partial charge in [-0.05, 0) is 17.7 Å². The van der Waals surface area contributed by atoms with Crippen LogP contribution in [0.1, 0.15) is 11.1 Å². The van der Waals surface area contributed by atoms with Crippen LogP contribution in [0.5, 0.6) is 5.75 Å². The van der Waals surface area contributed by atoms with Gasteiger partial charge in [0.05, 0.1) is 25.9 Å². The summed E-state index contributed by atoms with van der Waals surface area (Å²) in [6.07, 6.45) is 0. The molecule has 0 fully saturated rings. The zero-order chi connectivity index (χ0) is 22.5. The van der Waals surface area contributed by atoms with Crippen LogP contribution >= 0.6 is 34.9 Å². The maximum Gasteiger partial charge on any atom is 0.252 e. The summed E-state index contributed by atoms with van der Waals surface area (Å²) in [5.41, 5.74) is 2.01. The van der Waals surface area contributed by atoms with Crippen molar-refractivity contribution >= 4 is 56.7 Å².